The van der Waals surface area contributed by atoms with E-state index in [9.17, 15) is 5.26 Å². The summed E-state index contributed by atoms with van der Waals surface area (Å²) in [7, 11) is 0. The van der Waals surface area contributed by atoms with Crippen molar-refractivity contribution in [1.29, 1.82) is 5.26 Å². The van der Waals surface area contributed by atoms with Gasteiger partial charge in [-0.15, -0.1) is 0 Å². The lowest BCUT2D eigenvalue weighted by Gasteiger charge is -2.23. The second kappa shape index (κ2) is 12.3. The van der Waals surface area contributed by atoms with Gasteiger partial charge in [0.15, 0.2) is 0 Å². The van der Waals surface area contributed by atoms with Gasteiger partial charge in [0.05, 0.1) is 16.8 Å². The summed E-state index contributed by atoms with van der Waals surface area (Å²) in [5.74, 6) is 1.28. The highest BCUT2D eigenvalue weighted by molar-refractivity contribution is 6.32. The lowest BCUT2D eigenvalue weighted by Crippen LogP contribution is -2.26. The average Bonchev–Trinajstić information content (AvgIpc) is 3.65. The van der Waals surface area contributed by atoms with E-state index in [0.29, 0.717) is 34.7 Å². The van der Waals surface area contributed by atoms with Gasteiger partial charge in [0.2, 0.25) is 0 Å². The molecule has 1 fully saturated rings. The van der Waals surface area contributed by atoms with Crippen molar-refractivity contribution in [3.63, 3.8) is 0 Å². The number of fused-ring (bicyclic) bond motifs is 1. The van der Waals surface area contributed by atoms with Gasteiger partial charge < -0.3 is 13.9 Å². The number of likely N-dealkylation sites (tertiary alicyclic amines) is 1. The molecule has 0 aliphatic carbocycles. The van der Waals surface area contributed by atoms with Crippen molar-refractivity contribution in [3.05, 3.63) is 112 Å². The van der Waals surface area contributed by atoms with Crippen molar-refractivity contribution in [2.75, 3.05) is 6.54 Å². The Kier molecular flexibility index (Phi) is 8.14. The van der Waals surface area contributed by atoms with Gasteiger partial charge in [-0.2, -0.15) is 5.26 Å². The summed E-state index contributed by atoms with van der Waals surface area (Å²) in [6.07, 6.45) is 7.35. The molecule has 212 valence electrons. The maximum absolute atomic E-state index is 9.26. The van der Waals surface area contributed by atoms with Gasteiger partial charge in [-0.3, -0.25) is 9.88 Å². The standard InChI is InChI=1S/C35H32ClN3O3/c1-23-5-4-11-39(23)20-30-14-32(36)35(16-34(30)41-21-26-13-25(17-37)18-38-19-26)42-22-29-6-3-7-31(24(29)2)28-9-8-27-10-12-40-33(27)15-28/h3,6-10,12-16,18-19,23H,4-5,11,20-22H2,1-2H3/t23-/m0/s1. The predicted molar refractivity (Wildman–Crippen MR) is 165 cm³/mol. The van der Waals surface area contributed by atoms with E-state index in [2.05, 4.69) is 60.1 Å². The minimum Gasteiger partial charge on any atom is -0.488 e. The fraction of sp³-hybridized carbons (Fsp3) is 0.257. The van der Waals surface area contributed by atoms with Crippen molar-refractivity contribution < 1.29 is 13.9 Å². The molecule has 6 rings (SSSR count). The van der Waals surface area contributed by atoms with Gasteiger partial charge in [-0.05, 0) is 79.8 Å². The lowest BCUT2D eigenvalue weighted by atomic mass is 9.96. The molecule has 3 aromatic carbocycles. The Bertz CT molecular complexity index is 1770. The molecule has 0 saturated carbocycles. The molecule has 1 atom stereocenters. The first kappa shape index (κ1) is 27.8. The van der Waals surface area contributed by atoms with E-state index in [-0.39, 0.29) is 6.61 Å². The molecule has 3 heterocycles. The second-order valence-electron chi connectivity index (χ2n) is 10.9. The topological polar surface area (TPSA) is 71.5 Å². The number of rotatable bonds is 9. The van der Waals surface area contributed by atoms with E-state index >= 15 is 0 Å². The zero-order chi connectivity index (χ0) is 29.1. The maximum Gasteiger partial charge on any atom is 0.142 e. The van der Waals surface area contributed by atoms with Crippen LogP contribution in [0.1, 0.15) is 47.6 Å². The number of furan rings is 1. The first-order valence-corrected chi connectivity index (χ1v) is 14.6. The number of benzene rings is 3. The highest BCUT2D eigenvalue weighted by Crippen LogP contribution is 2.36. The van der Waals surface area contributed by atoms with Crippen LogP contribution < -0.4 is 9.47 Å². The molecule has 5 aromatic rings. The first-order chi connectivity index (χ1) is 20.5. The van der Waals surface area contributed by atoms with Crippen molar-refractivity contribution in [1.82, 2.24) is 9.88 Å². The number of pyridine rings is 1. The quantitative estimate of drug-likeness (QED) is 0.175. The molecular weight excluding hydrogens is 546 g/mol. The number of nitrogens with zero attached hydrogens (tertiary/aromatic N) is 3. The molecule has 2 aromatic heterocycles. The molecule has 0 unspecified atom stereocenters. The third-order valence-electron chi connectivity index (χ3n) is 8.09. The molecule has 0 amide bonds. The molecule has 0 spiro atoms. The fourth-order valence-corrected chi connectivity index (χ4v) is 5.85. The van der Waals surface area contributed by atoms with E-state index in [1.165, 1.54) is 12.8 Å². The Hall–Kier alpha value is -4.31. The first-order valence-electron chi connectivity index (χ1n) is 14.2. The Balaban J connectivity index is 1.25. The number of ether oxygens (including phenoxy) is 2. The summed E-state index contributed by atoms with van der Waals surface area (Å²) < 4.78 is 18.3. The molecular formula is C35H32ClN3O3. The minimum atomic E-state index is 0.285. The van der Waals surface area contributed by atoms with Crippen molar-refractivity contribution in [2.45, 2.75) is 52.5 Å². The third-order valence-corrected chi connectivity index (χ3v) is 8.39. The van der Waals surface area contributed by atoms with Gasteiger partial charge in [-0.1, -0.05) is 41.9 Å². The molecule has 0 N–H and O–H groups in total. The molecule has 0 radical (unpaired) electrons. The van der Waals surface area contributed by atoms with Crippen LogP contribution in [0.2, 0.25) is 5.02 Å². The molecule has 1 saturated heterocycles. The smallest absolute Gasteiger partial charge is 0.142 e. The fourth-order valence-electron chi connectivity index (χ4n) is 5.61. The Labute approximate surface area is 251 Å². The van der Waals surface area contributed by atoms with Crippen LogP contribution in [-0.4, -0.2) is 22.5 Å². The zero-order valence-electron chi connectivity index (χ0n) is 23.8. The maximum atomic E-state index is 9.26. The van der Waals surface area contributed by atoms with Crippen LogP contribution in [0.3, 0.4) is 0 Å². The van der Waals surface area contributed by atoms with Crippen molar-refractivity contribution >= 4 is 22.6 Å². The van der Waals surface area contributed by atoms with Crippen LogP contribution in [0.15, 0.2) is 83.7 Å². The second-order valence-corrected chi connectivity index (χ2v) is 11.3. The summed E-state index contributed by atoms with van der Waals surface area (Å²) in [5.41, 5.74) is 7.65. The van der Waals surface area contributed by atoms with Gasteiger partial charge in [-0.25, -0.2) is 0 Å². The van der Waals surface area contributed by atoms with Crippen LogP contribution in [0, 0.1) is 18.3 Å². The summed E-state index contributed by atoms with van der Waals surface area (Å²) in [6, 6.07) is 22.8. The van der Waals surface area contributed by atoms with Crippen LogP contribution in [0.5, 0.6) is 11.5 Å². The van der Waals surface area contributed by atoms with Gasteiger partial charge in [0, 0.05) is 47.6 Å². The van der Waals surface area contributed by atoms with Crippen molar-refractivity contribution in [2.24, 2.45) is 0 Å². The summed E-state index contributed by atoms with van der Waals surface area (Å²) in [6.45, 7) is 6.81. The summed E-state index contributed by atoms with van der Waals surface area (Å²) >= 11 is 6.80. The monoisotopic (exact) mass is 577 g/mol. The molecule has 6 nitrogen and oxygen atoms in total. The normalized spacial score (nSPS) is 15.1. The number of hydrogen-bond acceptors (Lipinski definition) is 6. The molecule has 1 aliphatic rings. The summed E-state index contributed by atoms with van der Waals surface area (Å²) in [4.78, 5) is 6.62. The average molecular weight is 578 g/mol. The minimum absolute atomic E-state index is 0.285. The van der Waals surface area contributed by atoms with Gasteiger partial charge in [0.25, 0.3) is 0 Å². The number of nitriles is 1. The van der Waals surface area contributed by atoms with Crippen LogP contribution in [0.4, 0.5) is 0 Å². The van der Waals surface area contributed by atoms with Crippen molar-refractivity contribution in [3.8, 4) is 28.7 Å². The molecule has 0 bridgehead atoms. The Morgan fingerprint density at radius 1 is 1.02 bits per heavy atom. The molecule has 42 heavy (non-hydrogen) atoms. The zero-order valence-corrected chi connectivity index (χ0v) is 24.5. The molecule has 1 aliphatic heterocycles. The number of aromatic nitrogens is 1. The lowest BCUT2D eigenvalue weighted by molar-refractivity contribution is 0.246. The van der Waals surface area contributed by atoms with E-state index in [1.807, 2.05) is 24.3 Å². The Morgan fingerprint density at radius 2 is 1.90 bits per heavy atom. The van der Waals surface area contributed by atoms with Gasteiger partial charge >= 0.3 is 0 Å². The largest absolute Gasteiger partial charge is 0.488 e. The van der Waals surface area contributed by atoms with Crippen LogP contribution in [0.25, 0.3) is 22.1 Å². The SMILES string of the molecule is Cc1c(COc2cc(OCc3cncc(C#N)c3)c(CN3CCC[C@@H]3C)cc2Cl)cccc1-c1ccc2ccoc2c1. The third kappa shape index (κ3) is 5.99. The highest BCUT2D eigenvalue weighted by Gasteiger charge is 2.23. The van der Waals surface area contributed by atoms with E-state index in [1.54, 1.807) is 24.7 Å². The highest BCUT2D eigenvalue weighted by atomic mass is 35.5. The van der Waals surface area contributed by atoms with E-state index in [0.717, 1.165) is 57.4 Å². The van der Waals surface area contributed by atoms with E-state index < -0.39 is 0 Å². The van der Waals surface area contributed by atoms with Crippen LogP contribution >= 0.6 is 11.6 Å². The number of hydrogen-bond donors (Lipinski definition) is 0. The van der Waals surface area contributed by atoms with Gasteiger partial charge in [0.1, 0.15) is 36.4 Å². The molecule has 7 heteroatoms. The van der Waals surface area contributed by atoms with E-state index in [4.69, 9.17) is 25.5 Å². The number of halogens is 1. The van der Waals surface area contributed by atoms with Crippen LogP contribution in [-0.2, 0) is 19.8 Å². The summed E-state index contributed by atoms with van der Waals surface area (Å²) in [5, 5.41) is 10.9. The Morgan fingerprint density at radius 3 is 2.74 bits per heavy atom. The predicted octanol–water partition coefficient (Wildman–Crippen LogP) is 8.47.